The third kappa shape index (κ3) is 2.59. The number of hydrogen-bond acceptors (Lipinski definition) is 4. The second kappa shape index (κ2) is 5.22. The largest absolute Gasteiger partial charge is 0.497 e. The molecule has 0 aliphatic heterocycles. The molecule has 2 heterocycles. The second-order valence-electron chi connectivity index (χ2n) is 3.82. The summed E-state index contributed by atoms with van der Waals surface area (Å²) in [7, 11) is 1.65. The normalized spacial score (nSPS) is 10.8. The lowest BCUT2D eigenvalue weighted by atomic mass is 10.3. The van der Waals surface area contributed by atoms with Crippen LogP contribution in [0.25, 0.3) is 11.0 Å². The van der Waals surface area contributed by atoms with Crippen LogP contribution >= 0.6 is 27.7 Å². The van der Waals surface area contributed by atoms with Gasteiger partial charge in [-0.05, 0) is 52.0 Å². The first-order valence-corrected chi connectivity index (χ1v) is 7.19. The summed E-state index contributed by atoms with van der Waals surface area (Å²) in [5.74, 6) is 0.812. The van der Waals surface area contributed by atoms with Gasteiger partial charge in [-0.15, -0.1) is 0 Å². The van der Waals surface area contributed by atoms with E-state index in [0.29, 0.717) is 0 Å². The molecule has 0 bridgehead atoms. The highest BCUT2D eigenvalue weighted by atomic mass is 79.9. The predicted molar refractivity (Wildman–Crippen MR) is 78.7 cm³/mol. The number of rotatable bonds is 3. The highest BCUT2D eigenvalue weighted by molar-refractivity contribution is 9.10. The van der Waals surface area contributed by atoms with Gasteiger partial charge in [-0.2, -0.15) is 0 Å². The molecule has 6 heteroatoms. The minimum atomic E-state index is 0.808. The average Bonchev–Trinajstić information content (AvgIpc) is 2.82. The van der Waals surface area contributed by atoms with E-state index in [2.05, 4.69) is 30.9 Å². The van der Waals surface area contributed by atoms with E-state index in [4.69, 9.17) is 4.74 Å². The molecule has 96 valence electrons. The maximum Gasteiger partial charge on any atom is 0.172 e. The number of pyridine rings is 1. The van der Waals surface area contributed by atoms with Gasteiger partial charge < -0.3 is 9.72 Å². The van der Waals surface area contributed by atoms with Crippen LogP contribution < -0.4 is 4.74 Å². The van der Waals surface area contributed by atoms with Gasteiger partial charge in [-0.25, -0.2) is 9.97 Å². The van der Waals surface area contributed by atoms with Crippen LogP contribution in [0, 0.1) is 0 Å². The standard InChI is InChI=1S/C13H10BrN3OS/c1-18-8-4-5-10-11(7-8)17-13(16-10)19-12-9(14)3-2-6-15-12/h2-7H,1H3,(H,16,17). The van der Waals surface area contributed by atoms with E-state index in [1.54, 1.807) is 13.3 Å². The molecular formula is C13H10BrN3OS. The molecule has 0 atom stereocenters. The minimum Gasteiger partial charge on any atom is -0.497 e. The number of aromatic amines is 1. The van der Waals surface area contributed by atoms with Gasteiger partial charge in [0.2, 0.25) is 0 Å². The molecule has 19 heavy (non-hydrogen) atoms. The zero-order chi connectivity index (χ0) is 13.2. The summed E-state index contributed by atoms with van der Waals surface area (Å²) in [5.41, 5.74) is 1.87. The Morgan fingerprint density at radius 2 is 2.21 bits per heavy atom. The molecule has 0 spiro atoms. The van der Waals surface area contributed by atoms with E-state index in [1.807, 2.05) is 30.3 Å². The number of halogens is 1. The minimum absolute atomic E-state index is 0.808. The van der Waals surface area contributed by atoms with E-state index in [0.717, 1.165) is 31.4 Å². The maximum atomic E-state index is 5.19. The van der Waals surface area contributed by atoms with Crippen molar-refractivity contribution >= 4 is 38.7 Å². The van der Waals surface area contributed by atoms with E-state index >= 15 is 0 Å². The highest BCUT2D eigenvalue weighted by Gasteiger charge is 2.08. The van der Waals surface area contributed by atoms with Crippen molar-refractivity contribution in [1.82, 2.24) is 15.0 Å². The number of methoxy groups -OCH3 is 1. The fourth-order valence-corrected chi connectivity index (χ4v) is 2.94. The number of benzene rings is 1. The monoisotopic (exact) mass is 335 g/mol. The summed E-state index contributed by atoms with van der Waals surface area (Å²) in [6.45, 7) is 0. The molecule has 0 saturated carbocycles. The third-order valence-corrected chi connectivity index (χ3v) is 4.39. The van der Waals surface area contributed by atoms with Crippen molar-refractivity contribution < 1.29 is 4.74 Å². The molecule has 3 rings (SSSR count). The predicted octanol–water partition coefficient (Wildman–Crippen LogP) is 3.88. The molecule has 4 nitrogen and oxygen atoms in total. The van der Waals surface area contributed by atoms with Crippen molar-refractivity contribution in [1.29, 1.82) is 0 Å². The molecule has 0 aliphatic carbocycles. The van der Waals surface area contributed by atoms with Crippen molar-refractivity contribution in [3.8, 4) is 5.75 Å². The van der Waals surface area contributed by atoms with Crippen molar-refractivity contribution in [2.45, 2.75) is 10.2 Å². The first-order chi connectivity index (χ1) is 9.26. The number of nitrogens with zero attached hydrogens (tertiary/aromatic N) is 2. The van der Waals surface area contributed by atoms with Gasteiger partial charge in [0.05, 0.1) is 22.6 Å². The number of nitrogens with one attached hydrogen (secondary N) is 1. The molecule has 3 aromatic rings. The van der Waals surface area contributed by atoms with E-state index in [1.165, 1.54) is 11.8 Å². The number of ether oxygens (including phenoxy) is 1. The number of hydrogen-bond donors (Lipinski definition) is 1. The number of fused-ring (bicyclic) bond motifs is 1. The molecule has 0 unspecified atom stereocenters. The maximum absolute atomic E-state index is 5.19. The van der Waals surface area contributed by atoms with Gasteiger partial charge in [0.25, 0.3) is 0 Å². The summed E-state index contributed by atoms with van der Waals surface area (Å²) in [6, 6.07) is 9.61. The van der Waals surface area contributed by atoms with Gasteiger partial charge in [0.15, 0.2) is 5.16 Å². The Kier molecular flexibility index (Phi) is 3.44. The number of H-pyrrole nitrogens is 1. The van der Waals surface area contributed by atoms with Crippen LogP contribution in [-0.2, 0) is 0 Å². The first-order valence-electron chi connectivity index (χ1n) is 5.58. The zero-order valence-corrected chi connectivity index (χ0v) is 12.5. The summed E-state index contributed by atoms with van der Waals surface area (Å²) < 4.78 is 6.15. The van der Waals surface area contributed by atoms with Crippen LogP contribution in [0.5, 0.6) is 5.75 Å². The number of aromatic nitrogens is 3. The van der Waals surface area contributed by atoms with Crippen LogP contribution in [0.1, 0.15) is 0 Å². The van der Waals surface area contributed by atoms with E-state index < -0.39 is 0 Å². The lowest BCUT2D eigenvalue weighted by Gasteiger charge is -1.98. The molecule has 1 N–H and O–H groups in total. The Balaban J connectivity index is 1.95. The average molecular weight is 336 g/mol. The van der Waals surface area contributed by atoms with Crippen molar-refractivity contribution in [3.63, 3.8) is 0 Å². The quantitative estimate of drug-likeness (QED) is 0.789. The molecule has 0 radical (unpaired) electrons. The number of imidazole rings is 1. The lowest BCUT2D eigenvalue weighted by Crippen LogP contribution is -1.82. The van der Waals surface area contributed by atoms with Gasteiger partial charge in [-0.1, -0.05) is 0 Å². The van der Waals surface area contributed by atoms with Gasteiger partial charge in [0, 0.05) is 12.3 Å². The van der Waals surface area contributed by atoms with Crippen LogP contribution in [0.4, 0.5) is 0 Å². The lowest BCUT2D eigenvalue weighted by molar-refractivity contribution is 0.415. The zero-order valence-electron chi connectivity index (χ0n) is 10.1. The van der Waals surface area contributed by atoms with Gasteiger partial charge in [-0.3, -0.25) is 0 Å². The smallest absolute Gasteiger partial charge is 0.172 e. The molecule has 0 saturated heterocycles. The fourth-order valence-electron chi connectivity index (χ4n) is 1.68. The Morgan fingerprint density at radius 1 is 1.32 bits per heavy atom. The molecule has 0 aliphatic rings. The Bertz CT molecular complexity index is 729. The Morgan fingerprint density at radius 3 is 3.00 bits per heavy atom. The molecule has 2 aromatic heterocycles. The SMILES string of the molecule is COc1ccc2nc(Sc3ncccc3Br)[nH]c2c1. The van der Waals surface area contributed by atoms with Crippen molar-refractivity contribution in [2.75, 3.05) is 7.11 Å². The van der Waals surface area contributed by atoms with E-state index in [9.17, 15) is 0 Å². The second-order valence-corrected chi connectivity index (χ2v) is 5.65. The molecule has 0 amide bonds. The van der Waals surface area contributed by atoms with Gasteiger partial charge in [0.1, 0.15) is 10.8 Å². The van der Waals surface area contributed by atoms with Crippen molar-refractivity contribution in [2.24, 2.45) is 0 Å². The molecular weight excluding hydrogens is 326 g/mol. The third-order valence-electron chi connectivity index (χ3n) is 2.59. The van der Waals surface area contributed by atoms with E-state index in [-0.39, 0.29) is 0 Å². The summed E-state index contributed by atoms with van der Waals surface area (Å²) in [6.07, 6.45) is 1.76. The Labute approximate surface area is 122 Å². The highest BCUT2D eigenvalue weighted by Crippen LogP contribution is 2.31. The summed E-state index contributed by atoms with van der Waals surface area (Å²) >= 11 is 4.96. The fraction of sp³-hybridized carbons (Fsp3) is 0.0769. The van der Waals surface area contributed by atoms with Crippen LogP contribution in [-0.4, -0.2) is 22.1 Å². The molecule has 1 aromatic carbocycles. The summed E-state index contributed by atoms with van der Waals surface area (Å²) in [5, 5.41) is 1.69. The summed E-state index contributed by atoms with van der Waals surface area (Å²) in [4.78, 5) is 12.1. The van der Waals surface area contributed by atoms with Gasteiger partial charge >= 0.3 is 0 Å². The van der Waals surface area contributed by atoms with Crippen LogP contribution in [0.2, 0.25) is 0 Å². The topological polar surface area (TPSA) is 50.8 Å². The van der Waals surface area contributed by atoms with Crippen molar-refractivity contribution in [3.05, 3.63) is 41.0 Å². The first kappa shape index (κ1) is 12.5. The Hall–Kier alpha value is -1.53. The van der Waals surface area contributed by atoms with Crippen LogP contribution in [0.15, 0.2) is 51.2 Å². The van der Waals surface area contributed by atoms with Crippen LogP contribution in [0.3, 0.4) is 0 Å². The molecule has 0 fully saturated rings.